The summed E-state index contributed by atoms with van der Waals surface area (Å²) in [4.78, 5) is 11.9. The molecule has 1 amide bonds. The molecule has 1 aromatic carbocycles. The summed E-state index contributed by atoms with van der Waals surface area (Å²) < 4.78 is 1.85. The predicted octanol–water partition coefficient (Wildman–Crippen LogP) is 5.02. The van der Waals surface area contributed by atoms with Crippen LogP contribution < -0.4 is 5.32 Å². The van der Waals surface area contributed by atoms with Gasteiger partial charge in [-0.2, -0.15) is 0 Å². The van der Waals surface area contributed by atoms with E-state index >= 15 is 0 Å². The molecule has 2 rings (SSSR count). The Morgan fingerprint density at radius 3 is 2.76 bits per heavy atom. The highest BCUT2D eigenvalue weighted by atomic mass is 127. The zero-order chi connectivity index (χ0) is 12.4. The first-order valence-corrected chi connectivity index (χ1v) is 7.69. The molecular formula is C11H6BrClINOS. The number of rotatable bonds is 2. The Labute approximate surface area is 130 Å². The van der Waals surface area contributed by atoms with Crippen molar-refractivity contribution in [2.24, 2.45) is 0 Å². The Morgan fingerprint density at radius 1 is 1.41 bits per heavy atom. The molecule has 6 heteroatoms. The molecule has 0 saturated carbocycles. The summed E-state index contributed by atoms with van der Waals surface area (Å²) in [5.74, 6) is -0.118. The SMILES string of the molecule is O=C(Nc1ccc(Cl)cc1Br)c1csc(I)c1. The fourth-order valence-corrected chi connectivity index (χ4v) is 3.32. The standard InChI is InChI=1S/C11H6BrClINOS/c12-8-4-7(13)1-2-9(8)15-11(16)6-3-10(14)17-5-6/h1-5H,(H,15,16). The number of carbonyl (C=O) groups excluding carboxylic acids is 1. The van der Waals surface area contributed by atoms with E-state index < -0.39 is 0 Å². The van der Waals surface area contributed by atoms with Crippen molar-refractivity contribution in [3.05, 3.63) is 47.6 Å². The monoisotopic (exact) mass is 441 g/mol. The highest BCUT2D eigenvalue weighted by Crippen LogP contribution is 2.26. The summed E-state index contributed by atoms with van der Waals surface area (Å²) in [6.07, 6.45) is 0. The molecule has 0 bridgehead atoms. The van der Waals surface area contributed by atoms with E-state index in [1.807, 2.05) is 11.4 Å². The quantitative estimate of drug-likeness (QED) is 0.650. The highest BCUT2D eigenvalue weighted by Gasteiger charge is 2.10. The van der Waals surface area contributed by atoms with Crippen LogP contribution in [0.25, 0.3) is 0 Å². The number of halogens is 3. The first kappa shape index (κ1) is 13.3. The minimum absolute atomic E-state index is 0.118. The van der Waals surface area contributed by atoms with Gasteiger partial charge in [0.15, 0.2) is 0 Å². The van der Waals surface area contributed by atoms with Crippen LogP contribution in [0.4, 0.5) is 5.69 Å². The smallest absolute Gasteiger partial charge is 0.256 e. The first-order chi connectivity index (χ1) is 8.06. The van der Waals surface area contributed by atoms with E-state index in [9.17, 15) is 4.79 Å². The molecule has 0 saturated heterocycles. The number of benzene rings is 1. The summed E-state index contributed by atoms with van der Waals surface area (Å²) in [5.41, 5.74) is 1.38. The second-order valence-electron chi connectivity index (χ2n) is 3.22. The number of hydrogen-bond acceptors (Lipinski definition) is 2. The maximum Gasteiger partial charge on any atom is 0.256 e. The van der Waals surface area contributed by atoms with Gasteiger partial charge in [0.2, 0.25) is 0 Å². The molecule has 0 radical (unpaired) electrons. The van der Waals surface area contributed by atoms with E-state index in [0.29, 0.717) is 16.3 Å². The van der Waals surface area contributed by atoms with Crippen molar-refractivity contribution in [1.82, 2.24) is 0 Å². The molecular weight excluding hydrogens is 436 g/mol. The molecule has 0 aliphatic carbocycles. The van der Waals surface area contributed by atoms with Crippen LogP contribution >= 0.6 is 61.5 Å². The predicted molar refractivity (Wildman–Crippen MR) is 84.1 cm³/mol. The van der Waals surface area contributed by atoms with Crippen molar-refractivity contribution in [2.45, 2.75) is 0 Å². The molecule has 1 N–H and O–H groups in total. The van der Waals surface area contributed by atoms with Crippen LogP contribution in [0.2, 0.25) is 5.02 Å². The van der Waals surface area contributed by atoms with Gasteiger partial charge in [-0.25, -0.2) is 0 Å². The molecule has 0 fully saturated rings. The number of amides is 1. The normalized spacial score (nSPS) is 10.3. The maximum atomic E-state index is 11.9. The summed E-state index contributed by atoms with van der Waals surface area (Å²) in [6, 6.07) is 7.10. The largest absolute Gasteiger partial charge is 0.321 e. The number of carbonyl (C=O) groups is 1. The lowest BCUT2D eigenvalue weighted by Crippen LogP contribution is -2.11. The number of nitrogens with one attached hydrogen (secondary N) is 1. The number of anilines is 1. The van der Waals surface area contributed by atoms with Crippen LogP contribution in [0.3, 0.4) is 0 Å². The average Bonchev–Trinajstić information content (AvgIpc) is 2.69. The zero-order valence-electron chi connectivity index (χ0n) is 8.34. The van der Waals surface area contributed by atoms with Crippen molar-refractivity contribution in [1.29, 1.82) is 0 Å². The van der Waals surface area contributed by atoms with Crippen molar-refractivity contribution in [3.8, 4) is 0 Å². The van der Waals surface area contributed by atoms with Gasteiger partial charge in [0.1, 0.15) is 0 Å². The molecule has 2 nitrogen and oxygen atoms in total. The van der Waals surface area contributed by atoms with Gasteiger partial charge in [-0.3, -0.25) is 4.79 Å². The molecule has 0 unspecified atom stereocenters. The molecule has 0 spiro atoms. The van der Waals surface area contributed by atoms with Crippen LogP contribution in [0.15, 0.2) is 34.1 Å². The Morgan fingerprint density at radius 2 is 2.18 bits per heavy atom. The van der Waals surface area contributed by atoms with Crippen molar-refractivity contribution in [2.75, 3.05) is 5.32 Å². The van der Waals surface area contributed by atoms with Gasteiger partial charge in [0.05, 0.1) is 14.1 Å². The van der Waals surface area contributed by atoms with Crippen LogP contribution in [0, 0.1) is 2.88 Å². The summed E-state index contributed by atoms with van der Waals surface area (Å²) in [7, 11) is 0. The molecule has 1 heterocycles. The van der Waals surface area contributed by atoms with Gasteiger partial charge in [0, 0.05) is 14.9 Å². The van der Waals surface area contributed by atoms with Gasteiger partial charge in [-0.1, -0.05) is 11.6 Å². The minimum atomic E-state index is -0.118. The summed E-state index contributed by atoms with van der Waals surface area (Å²) in [6.45, 7) is 0. The molecule has 88 valence electrons. The first-order valence-electron chi connectivity index (χ1n) is 4.56. The van der Waals surface area contributed by atoms with E-state index in [4.69, 9.17) is 11.6 Å². The van der Waals surface area contributed by atoms with Crippen LogP contribution in [0.1, 0.15) is 10.4 Å². The fraction of sp³-hybridized carbons (Fsp3) is 0. The number of thiophene rings is 1. The molecule has 2 aromatic rings. The molecule has 0 aliphatic rings. The van der Waals surface area contributed by atoms with E-state index in [1.54, 1.807) is 29.5 Å². The molecule has 17 heavy (non-hydrogen) atoms. The highest BCUT2D eigenvalue weighted by molar-refractivity contribution is 14.1. The average molecular weight is 443 g/mol. The molecule has 1 aromatic heterocycles. The van der Waals surface area contributed by atoms with Crippen LogP contribution in [-0.4, -0.2) is 5.91 Å². The number of hydrogen-bond donors (Lipinski definition) is 1. The van der Waals surface area contributed by atoms with E-state index in [0.717, 1.165) is 7.36 Å². The van der Waals surface area contributed by atoms with E-state index in [1.165, 1.54) is 0 Å². The second-order valence-corrected chi connectivity index (χ2v) is 7.31. The Kier molecular flexibility index (Phi) is 4.46. The second kappa shape index (κ2) is 5.69. The van der Waals surface area contributed by atoms with E-state index in [-0.39, 0.29) is 5.91 Å². The van der Waals surface area contributed by atoms with Gasteiger partial charge >= 0.3 is 0 Å². The van der Waals surface area contributed by atoms with Crippen molar-refractivity contribution < 1.29 is 4.79 Å². The minimum Gasteiger partial charge on any atom is -0.321 e. The lowest BCUT2D eigenvalue weighted by atomic mass is 10.3. The van der Waals surface area contributed by atoms with Gasteiger partial charge in [-0.05, 0) is 62.8 Å². The Hall–Kier alpha value is -0.110. The lowest BCUT2D eigenvalue weighted by molar-refractivity contribution is 0.102. The van der Waals surface area contributed by atoms with Crippen LogP contribution in [0.5, 0.6) is 0 Å². The molecule has 0 aliphatic heterocycles. The Balaban J connectivity index is 2.18. The third-order valence-corrected chi connectivity index (χ3v) is 4.69. The van der Waals surface area contributed by atoms with Gasteiger partial charge < -0.3 is 5.32 Å². The molecule has 0 atom stereocenters. The summed E-state index contributed by atoms with van der Waals surface area (Å²) in [5, 5.41) is 5.29. The zero-order valence-corrected chi connectivity index (χ0v) is 13.7. The fourth-order valence-electron chi connectivity index (χ4n) is 1.21. The van der Waals surface area contributed by atoms with Gasteiger partial charge in [-0.15, -0.1) is 11.3 Å². The third-order valence-electron chi connectivity index (χ3n) is 2.01. The van der Waals surface area contributed by atoms with E-state index in [2.05, 4.69) is 43.8 Å². The third kappa shape index (κ3) is 3.43. The summed E-state index contributed by atoms with van der Waals surface area (Å²) >= 11 is 12.9. The lowest BCUT2D eigenvalue weighted by Gasteiger charge is -2.06. The van der Waals surface area contributed by atoms with Gasteiger partial charge in [0.25, 0.3) is 5.91 Å². The van der Waals surface area contributed by atoms with Crippen molar-refractivity contribution in [3.63, 3.8) is 0 Å². The Bertz CT molecular complexity index is 572. The maximum absolute atomic E-state index is 11.9. The topological polar surface area (TPSA) is 29.1 Å². The van der Waals surface area contributed by atoms with Crippen molar-refractivity contribution >= 4 is 73.1 Å². The van der Waals surface area contributed by atoms with Crippen LogP contribution in [-0.2, 0) is 0 Å².